The Balaban J connectivity index is 2.48. The molecule has 0 aliphatic rings. The molecule has 0 aromatic heterocycles. The minimum Gasteiger partial charge on any atom is -0.481 e. The van der Waals surface area contributed by atoms with Crippen molar-refractivity contribution < 1.29 is 24.2 Å². The molecule has 1 unspecified atom stereocenters. The van der Waals surface area contributed by atoms with Gasteiger partial charge < -0.3 is 9.84 Å². The van der Waals surface area contributed by atoms with Gasteiger partial charge in [0.2, 0.25) is 0 Å². The number of carboxylic acid groups (broad SMARTS) is 1. The van der Waals surface area contributed by atoms with Crippen molar-refractivity contribution >= 4 is 33.7 Å². The number of ether oxygens (including phenoxy) is 1. The molecule has 1 rings (SSSR count). The average molecular weight is 722 g/mol. The number of carbonyl (C=O) groups excluding carboxylic acids is 2. The monoisotopic (exact) mass is 720 g/mol. The van der Waals surface area contributed by atoms with Crippen molar-refractivity contribution in [3.8, 4) is 0 Å². The second kappa shape index (κ2) is 29.2. The second-order valence-corrected chi connectivity index (χ2v) is 15.2. The summed E-state index contributed by atoms with van der Waals surface area (Å²) in [7, 11) is 0. The summed E-state index contributed by atoms with van der Waals surface area (Å²) in [5.74, 6) is -1.91. The summed E-state index contributed by atoms with van der Waals surface area (Å²) >= 11 is 3.38. The summed E-state index contributed by atoms with van der Waals surface area (Å²) in [4.78, 5) is 38.3. The van der Waals surface area contributed by atoms with E-state index in [0.717, 1.165) is 48.9 Å². The summed E-state index contributed by atoms with van der Waals surface area (Å²) in [6.45, 7) is 6.82. The molecule has 2 atom stereocenters. The van der Waals surface area contributed by atoms with Crippen molar-refractivity contribution in [2.45, 2.75) is 194 Å². The third kappa shape index (κ3) is 24.2. The lowest BCUT2D eigenvalue weighted by atomic mass is 9.90. The molecule has 0 amide bonds. The average Bonchev–Trinajstić information content (AvgIpc) is 3.04. The van der Waals surface area contributed by atoms with Crippen LogP contribution >= 0.6 is 15.9 Å². The van der Waals surface area contributed by atoms with Gasteiger partial charge in [0.15, 0.2) is 5.78 Å². The molecule has 0 bridgehead atoms. The number of benzene rings is 1. The van der Waals surface area contributed by atoms with E-state index in [2.05, 4.69) is 36.7 Å². The Kier molecular flexibility index (Phi) is 27.0. The molecule has 0 heterocycles. The van der Waals surface area contributed by atoms with Crippen LogP contribution in [0.25, 0.3) is 0 Å². The number of esters is 1. The van der Waals surface area contributed by atoms with Gasteiger partial charge in [-0.05, 0) is 37.3 Å². The van der Waals surface area contributed by atoms with Crippen LogP contribution in [0.4, 0.5) is 0 Å². The molecule has 0 radical (unpaired) electrons. The van der Waals surface area contributed by atoms with E-state index in [9.17, 15) is 19.5 Å². The highest BCUT2D eigenvalue weighted by Gasteiger charge is 2.33. The fourth-order valence-electron chi connectivity index (χ4n) is 6.32. The zero-order valence-corrected chi connectivity index (χ0v) is 32.0. The van der Waals surface area contributed by atoms with Crippen molar-refractivity contribution in [3.63, 3.8) is 0 Å². The largest absolute Gasteiger partial charge is 0.481 e. The van der Waals surface area contributed by atoms with Crippen LogP contribution in [0.2, 0.25) is 0 Å². The van der Waals surface area contributed by atoms with Gasteiger partial charge in [0, 0.05) is 22.9 Å². The minimum absolute atomic E-state index is 0.176. The Labute approximate surface area is 296 Å². The van der Waals surface area contributed by atoms with Crippen LogP contribution < -0.4 is 0 Å². The Hall–Kier alpha value is -1.69. The summed E-state index contributed by atoms with van der Waals surface area (Å²) in [5, 5.41) is 10.1. The van der Waals surface area contributed by atoms with Gasteiger partial charge in [-0.3, -0.25) is 14.4 Å². The van der Waals surface area contributed by atoms with Gasteiger partial charge in [0.05, 0.1) is 0 Å². The highest BCUT2D eigenvalue weighted by molar-refractivity contribution is 9.10. The normalized spacial score (nSPS) is 12.7. The quantitative estimate of drug-likeness (QED) is 0.0455. The molecule has 0 aliphatic carbocycles. The summed E-state index contributed by atoms with van der Waals surface area (Å²) in [5.41, 5.74) is 0.473. The number of carboxylic acids is 1. The Morgan fingerprint density at radius 3 is 1.51 bits per heavy atom. The van der Waals surface area contributed by atoms with Crippen LogP contribution in [0, 0.1) is 11.8 Å². The molecule has 1 N–H and O–H groups in total. The van der Waals surface area contributed by atoms with E-state index < -0.39 is 18.0 Å². The van der Waals surface area contributed by atoms with Gasteiger partial charge in [-0.25, -0.2) is 0 Å². The molecule has 1 aromatic carbocycles. The van der Waals surface area contributed by atoms with E-state index >= 15 is 0 Å². The van der Waals surface area contributed by atoms with E-state index in [4.69, 9.17) is 4.74 Å². The number of hydrogen-bond donors (Lipinski definition) is 1. The van der Waals surface area contributed by atoms with Crippen molar-refractivity contribution in [1.82, 2.24) is 0 Å². The molecular formula is C41H69BrO5. The predicted octanol–water partition coefficient (Wildman–Crippen LogP) is 13.1. The predicted molar refractivity (Wildman–Crippen MR) is 200 cm³/mol. The van der Waals surface area contributed by atoms with Crippen molar-refractivity contribution in [3.05, 3.63) is 34.3 Å². The molecule has 0 spiro atoms. The van der Waals surface area contributed by atoms with Gasteiger partial charge >= 0.3 is 11.9 Å². The lowest BCUT2D eigenvalue weighted by molar-refractivity contribution is -0.159. The van der Waals surface area contributed by atoms with Gasteiger partial charge in [0.25, 0.3) is 0 Å². The van der Waals surface area contributed by atoms with Crippen LogP contribution in [0.3, 0.4) is 0 Å². The number of Topliss-reactive ketones (excluding diaryl/α,β-unsaturated/α-hetero) is 1. The molecule has 5 nitrogen and oxygen atoms in total. The fraction of sp³-hybridized carbons (Fsp3) is 0.780. The molecule has 1 aromatic rings. The first kappa shape index (κ1) is 43.3. The van der Waals surface area contributed by atoms with E-state index in [0.29, 0.717) is 18.4 Å². The zero-order valence-electron chi connectivity index (χ0n) is 30.4. The lowest BCUT2D eigenvalue weighted by Crippen LogP contribution is -2.34. The zero-order chi connectivity index (χ0) is 34.5. The van der Waals surface area contributed by atoms with Crippen LogP contribution in [-0.2, 0) is 14.3 Å². The van der Waals surface area contributed by atoms with Crippen molar-refractivity contribution in [2.24, 2.45) is 11.8 Å². The number of halogens is 1. The Morgan fingerprint density at radius 1 is 0.638 bits per heavy atom. The molecule has 0 aliphatic heterocycles. The lowest BCUT2D eigenvalue weighted by Gasteiger charge is -2.24. The summed E-state index contributed by atoms with van der Waals surface area (Å²) < 4.78 is 6.71. The number of aliphatic carboxylic acids is 1. The molecule has 47 heavy (non-hydrogen) atoms. The SMILES string of the molecule is CCCCCCCCCCCCCCCC(=O)OC(CCCCCCCCCCCC(C)C)[C@@H](CC(=O)c1ccc(Br)cc1)C(=O)O. The molecular weight excluding hydrogens is 652 g/mol. The number of carbonyl (C=O) groups is 3. The standard InChI is InChI=1S/C41H69BrO5/c1-4-5-6-7-8-9-10-11-12-16-19-22-25-28-40(44)47-39(27-24-21-18-15-13-14-17-20-23-26-34(2)3)37(41(45)46)33-38(43)35-29-31-36(42)32-30-35/h29-32,34,37,39H,4-28,33H2,1-3H3,(H,45,46)/t37-,39?/m1/s1. The van der Waals surface area contributed by atoms with Crippen LogP contribution in [-0.4, -0.2) is 28.9 Å². The second-order valence-electron chi connectivity index (χ2n) is 14.3. The van der Waals surface area contributed by atoms with Crippen LogP contribution in [0.1, 0.15) is 198 Å². The van der Waals surface area contributed by atoms with Crippen molar-refractivity contribution in [1.29, 1.82) is 0 Å². The first-order valence-electron chi connectivity index (χ1n) is 19.5. The molecule has 270 valence electrons. The van der Waals surface area contributed by atoms with Gasteiger partial charge in [-0.15, -0.1) is 0 Å². The number of rotatable bonds is 32. The van der Waals surface area contributed by atoms with E-state index in [1.54, 1.807) is 24.3 Å². The maximum atomic E-state index is 13.0. The highest BCUT2D eigenvalue weighted by Crippen LogP contribution is 2.24. The summed E-state index contributed by atoms with van der Waals surface area (Å²) in [6, 6.07) is 6.96. The minimum atomic E-state index is -1.08. The fourth-order valence-corrected chi connectivity index (χ4v) is 6.59. The molecule has 6 heteroatoms. The van der Waals surface area contributed by atoms with Crippen LogP contribution in [0.15, 0.2) is 28.7 Å². The third-order valence-corrected chi connectivity index (χ3v) is 9.90. The van der Waals surface area contributed by atoms with E-state index in [1.807, 2.05) is 0 Å². The molecule has 0 fully saturated rings. The molecule has 0 saturated carbocycles. The van der Waals surface area contributed by atoms with E-state index in [-0.39, 0.29) is 18.2 Å². The topological polar surface area (TPSA) is 80.7 Å². The van der Waals surface area contributed by atoms with Gasteiger partial charge in [-0.2, -0.15) is 0 Å². The maximum absolute atomic E-state index is 13.0. The van der Waals surface area contributed by atoms with E-state index in [1.165, 1.54) is 109 Å². The number of ketones is 1. The maximum Gasteiger partial charge on any atom is 0.310 e. The number of unbranched alkanes of at least 4 members (excludes halogenated alkanes) is 20. The smallest absolute Gasteiger partial charge is 0.310 e. The van der Waals surface area contributed by atoms with Crippen molar-refractivity contribution in [2.75, 3.05) is 0 Å². The summed E-state index contributed by atoms with van der Waals surface area (Å²) in [6.07, 6.45) is 27.7. The first-order chi connectivity index (χ1) is 22.7. The van der Waals surface area contributed by atoms with Gasteiger partial charge in [-0.1, -0.05) is 184 Å². The Morgan fingerprint density at radius 2 is 1.06 bits per heavy atom. The van der Waals surface area contributed by atoms with Gasteiger partial charge in [0.1, 0.15) is 12.0 Å². The Bertz CT molecular complexity index is 928. The van der Waals surface area contributed by atoms with Crippen LogP contribution in [0.5, 0.6) is 0 Å². The molecule has 0 saturated heterocycles. The highest BCUT2D eigenvalue weighted by atomic mass is 79.9. The third-order valence-electron chi connectivity index (χ3n) is 9.37. The number of hydrogen-bond acceptors (Lipinski definition) is 4. The first-order valence-corrected chi connectivity index (χ1v) is 20.2.